The number of nitrogens with one attached hydrogen (secondary N) is 1. The fraction of sp³-hybridized carbons (Fsp3) is 0.923. The average Bonchev–Trinajstić information content (AvgIpc) is 2.82. The molecule has 0 aromatic heterocycles. The van der Waals surface area contributed by atoms with E-state index in [0.29, 0.717) is 5.92 Å². The largest absolute Gasteiger partial charge is 0.337 e. The Morgan fingerprint density at radius 3 is 2.71 bits per heavy atom. The van der Waals surface area contributed by atoms with E-state index in [-0.39, 0.29) is 6.03 Å². The van der Waals surface area contributed by atoms with E-state index in [1.165, 1.54) is 32.4 Å². The minimum Gasteiger partial charge on any atom is -0.337 e. The van der Waals surface area contributed by atoms with Crippen LogP contribution in [-0.2, 0) is 0 Å². The SMILES string of the molecule is CC1CCCN(C(=O)NCCN2CCCC2)C1. The number of piperidine rings is 1. The lowest BCUT2D eigenvalue weighted by Crippen LogP contribution is -2.46. The molecule has 0 saturated carbocycles. The summed E-state index contributed by atoms with van der Waals surface area (Å²) in [5.74, 6) is 0.660. The van der Waals surface area contributed by atoms with Crippen molar-refractivity contribution in [3.05, 3.63) is 0 Å². The molecular weight excluding hydrogens is 214 g/mol. The van der Waals surface area contributed by atoms with Crippen molar-refractivity contribution in [2.24, 2.45) is 5.92 Å². The van der Waals surface area contributed by atoms with Gasteiger partial charge in [0.2, 0.25) is 0 Å². The molecule has 0 spiro atoms. The molecule has 1 unspecified atom stereocenters. The smallest absolute Gasteiger partial charge is 0.317 e. The molecule has 0 radical (unpaired) electrons. The van der Waals surface area contributed by atoms with Gasteiger partial charge >= 0.3 is 6.03 Å². The number of nitrogens with zero attached hydrogens (tertiary/aromatic N) is 2. The molecular formula is C13H25N3O. The van der Waals surface area contributed by atoms with E-state index >= 15 is 0 Å². The summed E-state index contributed by atoms with van der Waals surface area (Å²) in [4.78, 5) is 16.3. The van der Waals surface area contributed by atoms with Gasteiger partial charge in [0.1, 0.15) is 0 Å². The second kappa shape index (κ2) is 6.24. The van der Waals surface area contributed by atoms with Crippen molar-refractivity contribution in [3.63, 3.8) is 0 Å². The third-order valence-corrected chi connectivity index (χ3v) is 3.85. The van der Waals surface area contributed by atoms with Crippen molar-refractivity contribution in [1.82, 2.24) is 15.1 Å². The van der Waals surface area contributed by atoms with Crippen LogP contribution in [0.5, 0.6) is 0 Å². The van der Waals surface area contributed by atoms with Crippen LogP contribution in [-0.4, -0.2) is 55.1 Å². The summed E-state index contributed by atoms with van der Waals surface area (Å²) in [5.41, 5.74) is 0. The van der Waals surface area contributed by atoms with Gasteiger partial charge in [0.15, 0.2) is 0 Å². The second-order valence-corrected chi connectivity index (χ2v) is 5.47. The first-order valence-electron chi connectivity index (χ1n) is 7.01. The van der Waals surface area contributed by atoms with Crippen LogP contribution < -0.4 is 5.32 Å². The number of hydrogen-bond donors (Lipinski definition) is 1. The minimum absolute atomic E-state index is 0.135. The topological polar surface area (TPSA) is 35.6 Å². The molecule has 2 saturated heterocycles. The third-order valence-electron chi connectivity index (χ3n) is 3.85. The van der Waals surface area contributed by atoms with Gasteiger partial charge < -0.3 is 15.1 Å². The van der Waals surface area contributed by atoms with E-state index < -0.39 is 0 Å². The monoisotopic (exact) mass is 239 g/mol. The Balaban J connectivity index is 1.62. The van der Waals surface area contributed by atoms with Gasteiger partial charge in [0.25, 0.3) is 0 Å². The lowest BCUT2D eigenvalue weighted by atomic mass is 10.0. The summed E-state index contributed by atoms with van der Waals surface area (Å²) in [6.07, 6.45) is 5.05. The van der Waals surface area contributed by atoms with Crippen molar-refractivity contribution < 1.29 is 4.79 Å². The molecule has 2 aliphatic rings. The highest BCUT2D eigenvalue weighted by Gasteiger charge is 2.20. The molecule has 2 rings (SSSR count). The van der Waals surface area contributed by atoms with Crippen molar-refractivity contribution in [2.75, 3.05) is 39.3 Å². The molecule has 4 heteroatoms. The zero-order chi connectivity index (χ0) is 12.1. The fourth-order valence-corrected chi connectivity index (χ4v) is 2.81. The lowest BCUT2D eigenvalue weighted by molar-refractivity contribution is 0.168. The molecule has 0 aliphatic carbocycles. The quantitative estimate of drug-likeness (QED) is 0.810. The number of likely N-dealkylation sites (tertiary alicyclic amines) is 2. The molecule has 0 aromatic carbocycles. The maximum absolute atomic E-state index is 11.9. The molecule has 2 fully saturated rings. The Bertz CT molecular complexity index is 251. The first kappa shape index (κ1) is 12.7. The highest BCUT2D eigenvalue weighted by atomic mass is 16.2. The first-order chi connectivity index (χ1) is 8.25. The van der Waals surface area contributed by atoms with Crippen molar-refractivity contribution >= 4 is 6.03 Å². The Hall–Kier alpha value is -0.770. The van der Waals surface area contributed by atoms with E-state index in [1.807, 2.05) is 4.90 Å². The lowest BCUT2D eigenvalue weighted by Gasteiger charge is -2.31. The molecule has 4 nitrogen and oxygen atoms in total. The van der Waals surface area contributed by atoms with E-state index in [4.69, 9.17) is 0 Å². The van der Waals surface area contributed by atoms with Gasteiger partial charge in [-0.15, -0.1) is 0 Å². The number of carbonyl (C=O) groups excluding carboxylic acids is 1. The molecule has 1 N–H and O–H groups in total. The fourth-order valence-electron chi connectivity index (χ4n) is 2.81. The predicted molar refractivity (Wildman–Crippen MR) is 69.0 cm³/mol. The molecule has 98 valence electrons. The predicted octanol–water partition coefficient (Wildman–Crippen LogP) is 1.52. The van der Waals surface area contributed by atoms with Crippen molar-refractivity contribution in [1.29, 1.82) is 0 Å². The Morgan fingerprint density at radius 2 is 2.00 bits per heavy atom. The number of urea groups is 1. The normalized spacial score (nSPS) is 26.2. The van der Waals surface area contributed by atoms with Gasteiger partial charge in [-0.05, 0) is 44.7 Å². The van der Waals surface area contributed by atoms with E-state index in [2.05, 4.69) is 17.1 Å². The first-order valence-corrected chi connectivity index (χ1v) is 7.01. The highest BCUT2D eigenvalue weighted by Crippen LogP contribution is 2.15. The third kappa shape index (κ3) is 3.87. The Morgan fingerprint density at radius 1 is 1.24 bits per heavy atom. The van der Waals surface area contributed by atoms with Crippen LogP contribution in [0.1, 0.15) is 32.6 Å². The maximum atomic E-state index is 11.9. The van der Waals surface area contributed by atoms with Gasteiger partial charge in [-0.25, -0.2) is 4.79 Å². The van der Waals surface area contributed by atoms with Crippen LogP contribution >= 0.6 is 0 Å². The molecule has 17 heavy (non-hydrogen) atoms. The molecule has 0 bridgehead atoms. The van der Waals surface area contributed by atoms with E-state index in [1.54, 1.807) is 0 Å². The summed E-state index contributed by atoms with van der Waals surface area (Å²) < 4.78 is 0. The van der Waals surface area contributed by atoms with Crippen molar-refractivity contribution in [3.8, 4) is 0 Å². The molecule has 0 aromatic rings. The molecule has 2 aliphatic heterocycles. The van der Waals surface area contributed by atoms with E-state index in [0.717, 1.165) is 32.6 Å². The molecule has 1 atom stereocenters. The maximum Gasteiger partial charge on any atom is 0.317 e. The zero-order valence-corrected chi connectivity index (χ0v) is 11.0. The van der Waals surface area contributed by atoms with Crippen LogP contribution in [0, 0.1) is 5.92 Å². The van der Waals surface area contributed by atoms with Gasteiger partial charge in [0.05, 0.1) is 0 Å². The van der Waals surface area contributed by atoms with Gasteiger partial charge in [0, 0.05) is 26.2 Å². The number of hydrogen-bond acceptors (Lipinski definition) is 2. The number of amides is 2. The molecule has 2 amide bonds. The number of carbonyl (C=O) groups is 1. The van der Waals surface area contributed by atoms with Crippen LogP contribution in [0.25, 0.3) is 0 Å². The summed E-state index contributed by atoms with van der Waals surface area (Å²) in [5, 5.41) is 3.05. The minimum atomic E-state index is 0.135. The van der Waals surface area contributed by atoms with E-state index in [9.17, 15) is 4.79 Å². The molecule has 2 heterocycles. The summed E-state index contributed by atoms with van der Waals surface area (Å²) in [7, 11) is 0. The van der Waals surface area contributed by atoms with Crippen LogP contribution in [0.3, 0.4) is 0 Å². The Kier molecular flexibility index (Phi) is 4.66. The number of rotatable bonds is 3. The van der Waals surface area contributed by atoms with Crippen LogP contribution in [0.15, 0.2) is 0 Å². The standard InChI is InChI=1S/C13H25N3O/c1-12-5-4-9-16(11-12)13(17)14-6-10-15-7-2-3-8-15/h12H,2-11H2,1H3,(H,14,17). The zero-order valence-electron chi connectivity index (χ0n) is 11.0. The Labute approximate surface area is 104 Å². The second-order valence-electron chi connectivity index (χ2n) is 5.47. The van der Waals surface area contributed by atoms with Crippen molar-refractivity contribution in [2.45, 2.75) is 32.6 Å². The van der Waals surface area contributed by atoms with Gasteiger partial charge in [-0.2, -0.15) is 0 Å². The summed E-state index contributed by atoms with van der Waals surface area (Å²) in [6, 6.07) is 0.135. The van der Waals surface area contributed by atoms with Crippen LogP contribution in [0.2, 0.25) is 0 Å². The van der Waals surface area contributed by atoms with Crippen LogP contribution in [0.4, 0.5) is 4.79 Å². The highest BCUT2D eigenvalue weighted by molar-refractivity contribution is 5.74. The van der Waals surface area contributed by atoms with Gasteiger partial charge in [-0.3, -0.25) is 0 Å². The summed E-state index contributed by atoms with van der Waals surface area (Å²) >= 11 is 0. The average molecular weight is 239 g/mol. The van der Waals surface area contributed by atoms with Gasteiger partial charge in [-0.1, -0.05) is 6.92 Å². The summed E-state index contributed by atoms with van der Waals surface area (Å²) in [6.45, 7) is 8.30.